The van der Waals surface area contributed by atoms with Crippen molar-refractivity contribution in [1.29, 1.82) is 0 Å². The molecule has 0 radical (unpaired) electrons. The van der Waals surface area contributed by atoms with Crippen LogP contribution in [-0.2, 0) is 0 Å². The number of amides is 1. The van der Waals surface area contributed by atoms with Gasteiger partial charge in [-0.15, -0.1) is 0 Å². The molecule has 0 aliphatic carbocycles. The fourth-order valence-corrected chi connectivity index (χ4v) is 1.26. The maximum atomic E-state index is 11.9. The quantitative estimate of drug-likeness (QED) is 0.803. The Hall–Kier alpha value is -1.36. The molecule has 1 amide bonds. The van der Waals surface area contributed by atoms with Crippen molar-refractivity contribution < 1.29 is 9.32 Å². The van der Waals surface area contributed by atoms with Crippen molar-refractivity contribution in [3.05, 3.63) is 17.5 Å². The van der Waals surface area contributed by atoms with Crippen LogP contribution in [0.5, 0.6) is 0 Å². The van der Waals surface area contributed by atoms with Gasteiger partial charge in [-0.3, -0.25) is 4.79 Å². The van der Waals surface area contributed by atoms with Gasteiger partial charge in [-0.25, -0.2) is 0 Å². The minimum absolute atomic E-state index is 0.240. The highest BCUT2D eigenvalue weighted by Gasteiger charge is 2.30. The van der Waals surface area contributed by atoms with E-state index >= 15 is 0 Å². The molecule has 1 atom stereocenters. The fourth-order valence-electron chi connectivity index (χ4n) is 1.26. The van der Waals surface area contributed by atoms with Gasteiger partial charge in [-0.2, -0.15) is 0 Å². The Balaban J connectivity index is 2.82. The molecule has 0 fully saturated rings. The third-order valence-electron chi connectivity index (χ3n) is 3.05. The molecule has 0 aromatic carbocycles. The molecule has 90 valence electrons. The van der Waals surface area contributed by atoms with Crippen LogP contribution >= 0.6 is 0 Å². The van der Waals surface area contributed by atoms with E-state index in [1.54, 1.807) is 6.92 Å². The van der Waals surface area contributed by atoms with Crippen molar-refractivity contribution in [3.8, 4) is 0 Å². The van der Waals surface area contributed by atoms with Crippen LogP contribution in [0.1, 0.15) is 36.9 Å². The summed E-state index contributed by atoms with van der Waals surface area (Å²) in [5.74, 6) is 0.224. The van der Waals surface area contributed by atoms with Gasteiger partial charge in [0, 0.05) is 12.1 Å². The lowest BCUT2D eigenvalue weighted by atomic mass is 9.88. The second-order valence-corrected chi connectivity index (χ2v) is 4.57. The van der Waals surface area contributed by atoms with Gasteiger partial charge in [-0.05, 0) is 19.8 Å². The highest BCUT2D eigenvalue weighted by molar-refractivity contribution is 5.93. The molecule has 0 saturated heterocycles. The standard InChI is InChI=1S/C11H19N3O2/c1-7(2)11(4,6-12)14-10(15)9-8(3)5-13-16-9/h5,7H,6,12H2,1-4H3,(H,14,15). The topological polar surface area (TPSA) is 81.2 Å². The van der Waals surface area contributed by atoms with Crippen molar-refractivity contribution >= 4 is 5.91 Å². The third kappa shape index (κ3) is 2.41. The molecule has 0 spiro atoms. The number of hydrogen-bond acceptors (Lipinski definition) is 4. The Kier molecular flexibility index (Phi) is 3.70. The zero-order valence-corrected chi connectivity index (χ0v) is 10.2. The first-order valence-electron chi connectivity index (χ1n) is 5.34. The molecule has 0 aliphatic rings. The number of hydrogen-bond donors (Lipinski definition) is 2. The minimum Gasteiger partial charge on any atom is -0.351 e. The van der Waals surface area contributed by atoms with Gasteiger partial charge in [0.15, 0.2) is 0 Å². The number of nitrogens with zero attached hydrogens (tertiary/aromatic N) is 1. The SMILES string of the molecule is Cc1cnoc1C(=O)NC(C)(CN)C(C)C. The van der Waals surface area contributed by atoms with Crippen LogP contribution in [0, 0.1) is 12.8 Å². The third-order valence-corrected chi connectivity index (χ3v) is 3.05. The van der Waals surface area contributed by atoms with Crippen LogP contribution in [0.2, 0.25) is 0 Å². The van der Waals surface area contributed by atoms with Crippen molar-refractivity contribution in [3.63, 3.8) is 0 Å². The Morgan fingerprint density at radius 3 is 2.69 bits per heavy atom. The molecule has 0 bridgehead atoms. The summed E-state index contributed by atoms with van der Waals surface area (Å²) in [4.78, 5) is 11.9. The molecular formula is C11H19N3O2. The number of nitrogens with one attached hydrogen (secondary N) is 1. The van der Waals surface area contributed by atoms with Crippen LogP contribution in [0.3, 0.4) is 0 Å². The number of carbonyl (C=O) groups excluding carboxylic acids is 1. The Morgan fingerprint density at radius 2 is 2.31 bits per heavy atom. The van der Waals surface area contributed by atoms with E-state index in [1.807, 2.05) is 20.8 Å². The van der Waals surface area contributed by atoms with Crippen LogP contribution < -0.4 is 11.1 Å². The number of rotatable bonds is 4. The second kappa shape index (κ2) is 4.65. The van der Waals surface area contributed by atoms with E-state index in [9.17, 15) is 4.79 Å². The zero-order valence-electron chi connectivity index (χ0n) is 10.2. The Morgan fingerprint density at radius 1 is 1.69 bits per heavy atom. The number of aromatic nitrogens is 1. The fraction of sp³-hybridized carbons (Fsp3) is 0.636. The van der Waals surface area contributed by atoms with E-state index in [1.165, 1.54) is 6.20 Å². The molecule has 16 heavy (non-hydrogen) atoms. The second-order valence-electron chi connectivity index (χ2n) is 4.57. The average Bonchev–Trinajstić information content (AvgIpc) is 2.64. The van der Waals surface area contributed by atoms with Crippen LogP contribution in [-0.4, -0.2) is 23.1 Å². The smallest absolute Gasteiger partial charge is 0.290 e. The molecule has 0 aliphatic heterocycles. The molecule has 1 heterocycles. The molecule has 5 heteroatoms. The minimum atomic E-state index is -0.434. The number of carbonyl (C=O) groups is 1. The van der Waals surface area contributed by atoms with Gasteiger partial charge >= 0.3 is 0 Å². The molecule has 5 nitrogen and oxygen atoms in total. The largest absolute Gasteiger partial charge is 0.351 e. The Labute approximate surface area is 95.4 Å². The summed E-state index contributed by atoms with van der Waals surface area (Å²) in [5, 5.41) is 6.46. The van der Waals surface area contributed by atoms with Crippen molar-refractivity contribution in [2.45, 2.75) is 33.2 Å². The molecule has 0 saturated carbocycles. The van der Waals surface area contributed by atoms with Gasteiger partial charge in [0.1, 0.15) is 0 Å². The molecule has 1 unspecified atom stereocenters. The predicted octanol–water partition coefficient (Wildman–Crippen LogP) is 1.09. The van der Waals surface area contributed by atoms with E-state index in [0.717, 1.165) is 5.56 Å². The average molecular weight is 225 g/mol. The molecule has 3 N–H and O–H groups in total. The van der Waals surface area contributed by atoms with Crippen molar-refractivity contribution in [1.82, 2.24) is 10.5 Å². The molecular weight excluding hydrogens is 206 g/mol. The molecule has 1 aromatic rings. The van der Waals surface area contributed by atoms with Crippen LogP contribution in [0.25, 0.3) is 0 Å². The first kappa shape index (κ1) is 12.7. The lowest BCUT2D eigenvalue weighted by molar-refractivity contribution is 0.0844. The zero-order chi connectivity index (χ0) is 12.3. The molecule has 1 rings (SSSR count). The van der Waals surface area contributed by atoms with Gasteiger partial charge in [0.05, 0.1) is 11.7 Å². The van der Waals surface area contributed by atoms with Crippen LogP contribution in [0.15, 0.2) is 10.7 Å². The lowest BCUT2D eigenvalue weighted by Crippen LogP contribution is -2.55. The maximum absolute atomic E-state index is 11.9. The summed E-state index contributed by atoms with van der Waals surface area (Å²) in [6, 6.07) is 0. The van der Waals surface area contributed by atoms with Gasteiger partial charge in [0.25, 0.3) is 5.91 Å². The highest BCUT2D eigenvalue weighted by Crippen LogP contribution is 2.16. The molecule has 1 aromatic heterocycles. The monoisotopic (exact) mass is 225 g/mol. The summed E-state index contributed by atoms with van der Waals surface area (Å²) in [6.45, 7) is 8.10. The predicted molar refractivity (Wildman–Crippen MR) is 61.0 cm³/mol. The number of nitrogens with two attached hydrogens (primary N) is 1. The lowest BCUT2D eigenvalue weighted by Gasteiger charge is -2.33. The normalized spacial score (nSPS) is 14.9. The van der Waals surface area contributed by atoms with Gasteiger partial charge < -0.3 is 15.6 Å². The summed E-state index contributed by atoms with van der Waals surface area (Å²) in [7, 11) is 0. The van der Waals surface area contributed by atoms with E-state index in [4.69, 9.17) is 10.3 Å². The van der Waals surface area contributed by atoms with E-state index < -0.39 is 5.54 Å². The summed E-state index contributed by atoms with van der Waals surface area (Å²) in [6.07, 6.45) is 1.52. The summed E-state index contributed by atoms with van der Waals surface area (Å²) >= 11 is 0. The summed E-state index contributed by atoms with van der Waals surface area (Å²) in [5.41, 5.74) is 5.98. The van der Waals surface area contributed by atoms with E-state index in [2.05, 4.69) is 10.5 Å². The van der Waals surface area contributed by atoms with Gasteiger partial charge in [-0.1, -0.05) is 19.0 Å². The Bertz CT molecular complexity index is 373. The van der Waals surface area contributed by atoms with Gasteiger partial charge in [0.2, 0.25) is 5.76 Å². The maximum Gasteiger partial charge on any atom is 0.290 e. The van der Waals surface area contributed by atoms with Crippen molar-refractivity contribution in [2.75, 3.05) is 6.54 Å². The van der Waals surface area contributed by atoms with Crippen molar-refractivity contribution in [2.24, 2.45) is 11.7 Å². The summed E-state index contributed by atoms with van der Waals surface area (Å²) < 4.78 is 4.89. The number of aryl methyl sites for hydroxylation is 1. The van der Waals surface area contributed by atoms with E-state index in [-0.39, 0.29) is 17.6 Å². The highest BCUT2D eigenvalue weighted by atomic mass is 16.5. The first-order chi connectivity index (χ1) is 7.40. The first-order valence-corrected chi connectivity index (χ1v) is 5.34. The van der Waals surface area contributed by atoms with E-state index in [0.29, 0.717) is 6.54 Å². The van der Waals surface area contributed by atoms with Crippen LogP contribution in [0.4, 0.5) is 0 Å².